The number of nitrogens with one attached hydrogen (secondary N) is 1. The third kappa shape index (κ3) is 5.75. The van der Waals surface area contributed by atoms with E-state index < -0.39 is 10.0 Å². The molecule has 2 fully saturated rings. The molecule has 2 unspecified atom stereocenters. The van der Waals surface area contributed by atoms with E-state index >= 15 is 0 Å². The molecule has 3 heterocycles. The van der Waals surface area contributed by atoms with E-state index in [1.807, 2.05) is 25.8 Å². The van der Waals surface area contributed by atoms with Crippen LogP contribution in [0.4, 0.5) is 5.82 Å². The molecule has 1 amide bonds. The first-order valence-electron chi connectivity index (χ1n) is 13.1. The lowest BCUT2D eigenvalue weighted by Gasteiger charge is -2.44. The Balaban J connectivity index is 1.48. The van der Waals surface area contributed by atoms with Crippen LogP contribution in [-0.4, -0.2) is 60.5 Å². The number of anilines is 1. The van der Waals surface area contributed by atoms with E-state index in [0.29, 0.717) is 43.2 Å². The largest absolute Gasteiger partial charge is 0.360 e. The molecule has 2 atom stereocenters. The van der Waals surface area contributed by atoms with Gasteiger partial charge in [0.2, 0.25) is 10.0 Å². The van der Waals surface area contributed by atoms with Crippen LogP contribution in [-0.2, 0) is 10.0 Å². The molecule has 1 aliphatic carbocycles. The highest BCUT2D eigenvalue weighted by atomic mass is 32.2. The Kier molecular flexibility index (Phi) is 8.04. The number of nitrogens with zero attached hydrogens (tertiary/aromatic N) is 4. The summed E-state index contributed by atoms with van der Waals surface area (Å²) in [6, 6.07) is 4.59. The van der Waals surface area contributed by atoms with Crippen molar-refractivity contribution in [2.75, 3.05) is 18.5 Å². The Hall–Kier alpha value is -2.46. The average Bonchev–Trinajstić information content (AvgIpc) is 3.58. The lowest BCUT2D eigenvalue weighted by atomic mass is 9.91. The molecule has 0 radical (unpaired) electrons. The van der Waals surface area contributed by atoms with Crippen molar-refractivity contribution in [3.8, 4) is 0 Å². The third-order valence-electron chi connectivity index (χ3n) is 7.18. The van der Waals surface area contributed by atoms with Crippen LogP contribution in [0.15, 0.2) is 33.8 Å². The molecule has 1 N–H and O–H groups in total. The Labute approximate surface area is 214 Å². The SMILES string of the molecule is CCC1CC(NC(=O)c2cc(C3CC3)on2)CC(CC)N1S(=O)(=O)c1ccc(N(C)CC(C)C)nc1. The second-order valence-corrected chi connectivity index (χ2v) is 12.5. The lowest BCUT2D eigenvalue weighted by molar-refractivity contribution is 0.0866. The van der Waals surface area contributed by atoms with E-state index in [9.17, 15) is 13.2 Å². The molecule has 1 saturated carbocycles. The average molecular weight is 518 g/mol. The lowest BCUT2D eigenvalue weighted by Crippen LogP contribution is -2.56. The number of rotatable bonds is 10. The molecule has 0 spiro atoms. The summed E-state index contributed by atoms with van der Waals surface area (Å²) in [6.45, 7) is 9.09. The first kappa shape index (κ1) is 26.6. The van der Waals surface area contributed by atoms with Crippen LogP contribution < -0.4 is 10.2 Å². The Bertz CT molecular complexity index is 1130. The van der Waals surface area contributed by atoms with Gasteiger partial charge in [0, 0.05) is 49.9 Å². The van der Waals surface area contributed by atoms with Gasteiger partial charge in [-0.3, -0.25) is 4.79 Å². The van der Waals surface area contributed by atoms with Gasteiger partial charge in [0.15, 0.2) is 5.69 Å². The summed E-state index contributed by atoms with van der Waals surface area (Å²) in [5, 5.41) is 7.03. The zero-order valence-electron chi connectivity index (χ0n) is 22.0. The normalized spacial score (nSPS) is 23.1. The van der Waals surface area contributed by atoms with Crippen molar-refractivity contribution in [1.82, 2.24) is 19.8 Å². The van der Waals surface area contributed by atoms with Crippen molar-refractivity contribution in [2.45, 2.75) is 95.2 Å². The summed E-state index contributed by atoms with van der Waals surface area (Å²) in [6.07, 6.45) is 6.03. The fourth-order valence-electron chi connectivity index (χ4n) is 5.19. The zero-order valence-corrected chi connectivity index (χ0v) is 22.8. The first-order valence-corrected chi connectivity index (χ1v) is 14.6. The van der Waals surface area contributed by atoms with E-state index in [1.165, 1.54) is 6.20 Å². The number of hydrogen-bond acceptors (Lipinski definition) is 7. The molecular formula is C26H39N5O4S. The smallest absolute Gasteiger partial charge is 0.273 e. The van der Waals surface area contributed by atoms with Gasteiger partial charge < -0.3 is 14.7 Å². The van der Waals surface area contributed by atoms with Crippen molar-refractivity contribution in [1.29, 1.82) is 0 Å². The summed E-state index contributed by atoms with van der Waals surface area (Å²) in [4.78, 5) is 19.5. The monoisotopic (exact) mass is 517 g/mol. The van der Waals surface area contributed by atoms with Crippen LogP contribution in [0.1, 0.15) is 88.4 Å². The number of piperidine rings is 1. The molecule has 0 bridgehead atoms. The third-order valence-corrected chi connectivity index (χ3v) is 9.17. The predicted octanol–water partition coefficient (Wildman–Crippen LogP) is 4.18. The second kappa shape index (κ2) is 10.9. The minimum absolute atomic E-state index is 0.134. The summed E-state index contributed by atoms with van der Waals surface area (Å²) in [7, 11) is -1.78. The first-order chi connectivity index (χ1) is 17.1. The fourth-order valence-corrected chi connectivity index (χ4v) is 7.12. The van der Waals surface area contributed by atoms with Crippen molar-refractivity contribution < 1.29 is 17.7 Å². The number of carbonyl (C=O) groups excluding carboxylic acids is 1. The van der Waals surface area contributed by atoms with E-state index in [0.717, 1.165) is 31.0 Å². The number of sulfonamides is 1. The van der Waals surface area contributed by atoms with Gasteiger partial charge in [-0.2, -0.15) is 4.31 Å². The zero-order chi connectivity index (χ0) is 26.0. The maximum Gasteiger partial charge on any atom is 0.273 e. The van der Waals surface area contributed by atoms with E-state index in [4.69, 9.17) is 4.52 Å². The number of pyridine rings is 1. The summed E-state index contributed by atoms with van der Waals surface area (Å²) in [5.74, 6) is 2.12. The van der Waals surface area contributed by atoms with Crippen LogP contribution in [0, 0.1) is 5.92 Å². The molecule has 36 heavy (non-hydrogen) atoms. The predicted molar refractivity (Wildman–Crippen MR) is 138 cm³/mol. The molecule has 1 saturated heterocycles. The summed E-state index contributed by atoms with van der Waals surface area (Å²) < 4.78 is 34.5. The molecule has 2 aliphatic rings. The second-order valence-electron chi connectivity index (χ2n) is 10.6. The van der Waals surface area contributed by atoms with Gasteiger partial charge in [0.25, 0.3) is 5.91 Å². The van der Waals surface area contributed by atoms with Crippen LogP contribution in [0.3, 0.4) is 0 Å². The number of amides is 1. The highest BCUT2D eigenvalue weighted by Gasteiger charge is 2.42. The van der Waals surface area contributed by atoms with Crippen LogP contribution >= 0.6 is 0 Å². The van der Waals surface area contributed by atoms with Gasteiger partial charge in [0.1, 0.15) is 16.5 Å². The maximum atomic E-state index is 13.8. The van der Waals surface area contributed by atoms with Gasteiger partial charge in [-0.05, 0) is 56.6 Å². The van der Waals surface area contributed by atoms with E-state index in [-0.39, 0.29) is 28.9 Å². The molecular weight excluding hydrogens is 478 g/mol. The van der Waals surface area contributed by atoms with Crippen LogP contribution in [0.25, 0.3) is 0 Å². The Morgan fingerprint density at radius 1 is 1.19 bits per heavy atom. The van der Waals surface area contributed by atoms with Gasteiger partial charge in [-0.25, -0.2) is 13.4 Å². The molecule has 0 aromatic carbocycles. The highest BCUT2D eigenvalue weighted by Crippen LogP contribution is 2.40. The maximum absolute atomic E-state index is 13.8. The molecule has 2 aromatic heterocycles. The quantitative estimate of drug-likeness (QED) is 0.504. The fraction of sp³-hybridized carbons (Fsp3) is 0.654. The topological polar surface area (TPSA) is 109 Å². The molecule has 2 aromatic rings. The van der Waals surface area contributed by atoms with Crippen LogP contribution in [0.2, 0.25) is 0 Å². The molecule has 4 rings (SSSR count). The number of hydrogen-bond donors (Lipinski definition) is 1. The summed E-state index contributed by atoms with van der Waals surface area (Å²) in [5.41, 5.74) is 0.293. The van der Waals surface area contributed by atoms with Gasteiger partial charge >= 0.3 is 0 Å². The van der Waals surface area contributed by atoms with Crippen LogP contribution in [0.5, 0.6) is 0 Å². The standard InChI is InChI=1S/C26H39N5O4S/c1-6-20-12-19(28-26(32)23-14-24(35-29-23)18-8-9-18)13-21(7-2)31(20)36(33,34)22-10-11-25(27-15-22)30(5)16-17(3)4/h10-11,14-15,17-21H,6-9,12-13,16H2,1-5H3,(H,28,32). The van der Waals surface area contributed by atoms with Gasteiger partial charge in [0.05, 0.1) is 0 Å². The minimum Gasteiger partial charge on any atom is -0.360 e. The van der Waals surface area contributed by atoms with E-state index in [1.54, 1.807) is 22.5 Å². The Morgan fingerprint density at radius 3 is 2.39 bits per heavy atom. The molecule has 10 heteroatoms. The Morgan fingerprint density at radius 2 is 1.86 bits per heavy atom. The highest BCUT2D eigenvalue weighted by molar-refractivity contribution is 7.89. The van der Waals surface area contributed by atoms with Crippen molar-refractivity contribution in [3.63, 3.8) is 0 Å². The van der Waals surface area contributed by atoms with Gasteiger partial charge in [-0.1, -0.05) is 32.9 Å². The molecule has 1 aliphatic heterocycles. The molecule has 9 nitrogen and oxygen atoms in total. The summed E-state index contributed by atoms with van der Waals surface area (Å²) >= 11 is 0. The minimum atomic E-state index is -3.74. The van der Waals surface area contributed by atoms with Crippen molar-refractivity contribution in [2.24, 2.45) is 5.92 Å². The van der Waals surface area contributed by atoms with Gasteiger partial charge in [-0.15, -0.1) is 0 Å². The molecule has 198 valence electrons. The van der Waals surface area contributed by atoms with Crippen molar-refractivity contribution in [3.05, 3.63) is 35.9 Å². The van der Waals surface area contributed by atoms with E-state index in [2.05, 4.69) is 29.3 Å². The number of aromatic nitrogens is 2. The number of carbonyl (C=O) groups is 1. The van der Waals surface area contributed by atoms with Crippen molar-refractivity contribution >= 4 is 21.7 Å².